The fourth-order valence-electron chi connectivity index (χ4n) is 2.13. The van der Waals surface area contributed by atoms with Gasteiger partial charge in [0.2, 0.25) is 0 Å². The van der Waals surface area contributed by atoms with E-state index in [1.807, 2.05) is 0 Å². The molecule has 0 bridgehead atoms. The van der Waals surface area contributed by atoms with Crippen molar-refractivity contribution >= 4 is 11.9 Å². The first-order valence-corrected chi connectivity index (χ1v) is 7.02. The van der Waals surface area contributed by atoms with E-state index in [0.717, 1.165) is 32.2 Å². The molecule has 0 spiro atoms. The number of aromatic carboxylic acids is 1. The fraction of sp³-hybridized carbons (Fsp3) is 0.467. The monoisotopic (exact) mass is 293 g/mol. The lowest BCUT2D eigenvalue weighted by Gasteiger charge is -2.15. The number of carboxylic acids is 1. The molecule has 0 heterocycles. The summed E-state index contributed by atoms with van der Waals surface area (Å²) < 4.78 is 0. The quantitative estimate of drug-likeness (QED) is 0.333. The maximum absolute atomic E-state index is 11.1. The van der Waals surface area contributed by atoms with Gasteiger partial charge in [0.15, 0.2) is 5.96 Å². The Labute approximate surface area is 124 Å². The van der Waals surface area contributed by atoms with Gasteiger partial charge in [0, 0.05) is 13.6 Å². The Hall–Kier alpha value is -2.24. The predicted octanol–water partition coefficient (Wildman–Crippen LogP) is 2.02. The summed E-state index contributed by atoms with van der Waals surface area (Å²) in [4.78, 5) is 12.8. The van der Waals surface area contributed by atoms with Gasteiger partial charge in [0.1, 0.15) is 5.75 Å². The van der Waals surface area contributed by atoms with Crippen molar-refractivity contribution in [2.24, 2.45) is 5.73 Å². The largest absolute Gasteiger partial charge is 0.508 e. The first kappa shape index (κ1) is 16.8. The molecule has 0 aromatic heterocycles. The number of unbranched alkanes of at least 4 members (excludes halogenated alkanes) is 3. The molecule has 1 aromatic carbocycles. The number of carbonyl (C=O) groups is 1. The molecule has 1 rings (SSSR count). The van der Waals surface area contributed by atoms with E-state index >= 15 is 0 Å². The van der Waals surface area contributed by atoms with Crippen LogP contribution in [-0.2, 0) is 6.42 Å². The van der Waals surface area contributed by atoms with Crippen LogP contribution in [-0.4, -0.2) is 40.6 Å². The number of phenols is 1. The van der Waals surface area contributed by atoms with Crippen LogP contribution in [0.3, 0.4) is 0 Å². The smallest absolute Gasteiger partial charge is 0.335 e. The van der Waals surface area contributed by atoms with Crippen LogP contribution < -0.4 is 5.73 Å². The van der Waals surface area contributed by atoms with Crippen LogP contribution in [0, 0.1) is 5.41 Å². The van der Waals surface area contributed by atoms with Gasteiger partial charge in [-0.15, -0.1) is 0 Å². The number of aryl methyl sites for hydroxylation is 1. The van der Waals surface area contributed by atoms with E-state index in [-0.39, 0.29) is 17.3 Å². The number of hydrogen-bond donors (Lipinski definition) is 4. The van der Waals surface area contributed by atoms with Crippen molar-refractivity contribution in [3.05, 3.63) is 29.3 Å². The molecule has 0 saturated heterocycles. The molecule has 6 heteroatoms. The van der Waals surface area contributed by atoms with Gasteiger partial charge in [-0.05, 0) is 43.0 Å². The number of nitrogens with two attached hydrogens (primary N) is 1. The summed E-state index contributed by atoms with van der Waals surface area (Å²) >= 11 is 0. The number of hydrogen-bond acceptors (Lipinski definition) is 3. The molecule has 1 aromatic rings. The summed E-state index contributed by atoms with van der Waals surface area (Å²) in [6, 6.07) is 4.35. The van der Waals surface area contributed by atoms with E-state index in [1.165, 1.54) is 18.2 Å². The Morgan fingerprint density at radius 3 is 2.57 bits per heavy atom. The zero-order valence-electron chi connectivity index (χ0n) is 12.3. The Bertz CT molecular complexity index is 503. The topological polar surface area (TPSA) is 111 Å². The maximum atomic E-state index is 11.1. The first-order valence-electron chi connectivity index (χ1n) is 7.02. The van der Waals surface area contributed by atoms with Crippen molar-refractivity contribution in [1.82, 2.24) is 4.90 Å². The minimum absolute atomic E-state index is 0.0702. The number of carboxylic acid groups (broad SMARTS) is 1. The summed E-state index contributed by atoms with van der Waals surface area (Å²) in [7, 11) is 1.79. The number of benzene rings is 1. The van der Waals surface area contributed by atoms with Gasteiger partial charge in [0.25, 0.3) is 0 Å². The average molecular weight is 293 g/mol. The van der Waals surface area contributed by atoms with E-state index in [2.05, 4.69) is 0 Å². The van der Waals surface area contributed by atoms with Crippen LogP contribution in [0.5, 0.6) is 5.75 Å². The SMILES string of the molecule is CN(CCCCCCc1cc(O)ccc1C(=O)O)C(=N)N. The predicted molar refractivity (Wildman–Crippen MR) is 81.8 cm³/mol. The zero-order chi connectivity index (χ0) is 15.8. The molecule has 0 unspecified atom stereocenters. The second-order valence-corrected chi connectivity index (χ2v) is 5.12. The number of guanidine groups is 1. The number of rotatable bonds is 8. The minimum atomic E-state index is -0.965. The molecule has 21 heavy (non-hydrogen) atoms. The van der Waals surface area contributed by atoms with Gasteiger partial charge in [-0.25, -0.2) is 4.79 Å². The van der Waals surface area contributed by atoms with Gasteiger partial charge in [-0.3, -0.25) is 5.41 Å². The number of nitrogens with one attached hydrogen (secondary N) is 1. The van der Waals surface area contributed by atoms with Gasteiger partial charge in [-0.2, -0.15) is 0 Å². The Balaban J connectivity index is 2.34. The molecule has 0 atom stereocenters. The van der Waals surface area contributed by atoms with Gasteiger partial charge in [-0.1, -0.05) is 12.8 Å². The molecule has 0 aliphatic rings. The normalized spacial score (nSPS) is 10.3. The van der Waals surface area contributed by atoms with Crippen LogP contribution in [0.1, 0.15) is 41.6 Å². The number of aromatic hydroxyl groups is 1. The Kier molecular flexibility index (Phi) is 6.52. The highest BCUT2D eigenvalue weighted by Gasteiger charge is 2.10. The molecule has 0 radical (unpaired) electrons. The third-order valence-electron chi connectivity index (χ3n) is 3.42. The van der Waals surface area contributed by atoms with Crippen LogP contribution in [0.15, 0.2) is 18.2 Å². The highest BCUT2D eigenvalue weighted by molar-refractivity contribution is 5.89. The summed E-state index contributed by atoms with van der Waals surface area (Å²) in [6.45, 7) is 0.752. The van der Waals surface area contributed by atoms with Crippen LogP contribution in [0.25, 0.3) is 0 Å². The Morgan fingerprint density at radius 1 is 1.29 bits per heavy atom. The van der Waals surface area contributed by atoms with E-state index in [0.29, 0.717) is 12.0 Å². The van der Waals surface area contributed by atoms with E-state index in [1.54, 1.807) is 11.9 Å². The number of phenolic OH excluding ortho intramolecular Hbond substituents is 1. The number of nitrogens with zero attached hydrogens (tertiary/aromatic N) is 1. The fourth-order valence-corrected chi connectivity index (χ4v) is 2.13. The molecular weight excluding hydrogens is 270 g/mol. The van der Waals surface area contributed by atoms with Crippen molar-refractivity contribution in [2.45, 2.75) is 32.1 Å². The molecule has 6 nitrogen and oxygen atoms in total. The molecule has 0 amide bonds. The van der Waals surface area contributed by atoms with Crippen molar-refractivity contribution in [1.29, 1.82) is 5.41 Å². The van der Waals surface area contributed by atoms with E-state index in [4.69, 9.17) is 16.2 Å². The average Bonchev–Trinajstić information content (AvgIpc) is 2.41. The molecule has 0 aliphatic carbocycles. The first-order chi connectivity index (χ1) is 9.91. The molecule has 0 aliphatic heterocycles. The maximum Gasteiger partial charge on any atom is 0.335 e. The standard InChI is InChI=1S/C15H23N3O3/c1-18(15(16)17)9-5-3-2-4-6-11-10-12(19)7-8-13(11)14(20)21/h7-8,10,19H,2-6,9H2,1H3,(H3,16,17)(H,20,21). The van der Waals surface area contributed by atoms with Gasteiger partial charge >= 0.3 is 5.97 Å². The van der Waals surface area contributed by atoms with E-state index in [9.17, 15) is 9.90 Å². The lowest BCUT2D eigenvalue weighted by Crippen LogP contribution is -2.33. The third-order valence-corrected chi connectivity index (χ3v) is 3.42. The van der Waals surface area contributed by atoms with Gasteiger partial charge < -0.3 is 20.8 Å². The Morgan fingerprint density at radius 2 is 1.95 bits per heavy atom. The lowest BCUT2D eigenvalue weighted by atomic mass is 10.0. The second-order valence-electron chi connectivity index (χ2n) is 5.12. The highest BCUT2D eigenvalue weighted by Crippen LogP contribution is 2.19. The summed E-state index contributed by atoms with van der Waals surface area (Å²) in [5, 5.41) is 25.8. The van der Waals surface area contributed by atoms with Gasteiger partial charge in [0.05, 0.1) is 5.56 Å². The molecule has 5 N–H and O–H groups in total. The zero-order valence-corrected chi connectivity index (χ0v) is 12.3. The summed E-state index contributed by atoms with van der Waals surface area (Å²) in [6.07, 6.45) is 4.42. The van der Waals surface area contributed by atoms with Crippen LogP contribution in [0.4, 0.5) is 0 Å². The van der Waals surface area contributed by atoms with Crippen LogP contribution in [0.2, 0.25) is 0 Å². The lowest BCUT2D eigenvalue weighted by molar-refractivity contribution is 0.0695. The van der Waals surface area contributed by atoms with Crippen LogP contribution >= 0.6 is 0 Å². The molecule has 0 fully saturated rings. The molecule has 0 saturated carbocycles. The van der Waals surface area contributed by atoms with Crippen molar-refractivity contribution in [2.75, 3.05) is 13.6 Å². The molecular formula is C15H23N3O3. The molecule has 116 valence electrons. The minimum Gasteiger partial charge on any atom is -0.508 e. The summed E-state index contributed by atoms with van der Waals surface area (Å²) in [5.41, 5.74) is 6.27. The highest BCUT2D eigenvalue weighted by atomic mass is 16.4. The summed E-state index contributed by atoms with van der Waals surface area (Å²) in [5.74, 6) is -0.799. The van der Waals surface area contributed by atoms with Crippen molar-refractivity contribution in [3.8, 4) is 5.75 Å². The van der Waals surface area contributed by atoms with E-state index < -0.39 is 5.97 Å². The third kappa shape index (κ3) is 5.72. The van der Waals surface area contributed by atoms with Crippen molar-refractivity contribution in [3.63, 3.8) is 0 Å². The van der Waals surface area contributed by atoms with Crippen molar-refractivity contribution < 1.29 is 15.0 Å². The second kappa shape index (κ2) is 8.14.